The molecule has 0 aliphatic carbocycles. The highest BCUT2D eigenvalue weighted by molar-refractivity contribution is 5.95. The van der Waals surface area contributed by atoms with E-state index in [9.17, 15) is 9.59 Å². The third kappa shape index (κ3) is 4.22. The fourth-order valence-corrected chi connectivity index (χ4v) is 3.38. The van der Waals surface area contributed by atoms with Gasteiger partial charge in [-0.3, -0.25) is 9.59 Å². The molecule has 0 fully saturated rings. The number of hydrogen-bond acceptors (Lipinski definition) is 4. The largest absolute Gasteiger partial charge is 0.493 e. The van der Waals surface area contributed by atoms with Crippen molar-refractivity contribution in [3.63, 3.8) is 0 Å². The number of hydrogen-bond donors (Lipinski definition) is 1. The van der Waals surface area contributed by atoms with Gasteiger partial charge >= 0.3 is 0 Å². The van der Waals surface area contributed by atoms with Gasteiger partial charge in [0.05, 0.1) is 20.6 Å². The summed E-state index contributed by atoms with van der Waals surface area (Å²) in [5, 5.41) is 2.94. The first-order valence-corrected chi connectivity index (χ1v) is 8.93. The molecule has 0 aromatic heterocycles. The molecule has 1 N–H and O–H groups in total. The number of aryl methyl sites for hydroxylation is 1. The first kappa shape index (κ1) is 18.8. The van der Waals surface area contributed by atoms with Crippen molar-refractivity contribution in [1.29, 1.82) is 0 Å². The summed E-state index contributed by atoms with van der Waals surface area (Å²) in [4.78, 5) is 26.0. The second-order valence-electron chi connectivity index (χ2n) is 6.53. The number of nitrogens with zero attached hydrogens (tertiary/aromatic N) is 1. The lowest BCUT2D eigenvalue weighted by Gasteiger charge is -2.29. The number of carbonyl (C=O) groups is 2. The van der Waals surface area contributed by atoms with Crippen molar-refractivity contribution < 1.29 is 19.1 Å². The third-order valence-electron chi connectivity index (χ3n) is 4.67. The Balaban J connectivity index is 1.71. The Morgan fingerprint density at radius 2 is 1.85 bits per heavy atom. The van der Waals surface area contributed by atoms with E-state index in [4.69, 9.17) is 9.47 Å². The summed E-state index contributed by atoms with van der Waals surface area (Å²) >= 11 is 0. The van der Waals surface area contributed by atoms with Gasteiger partial charge in [-0.15, -0.1) is 0 Å². The normalized spacial score (nSPS) is 12.9. The van der Waals surface area contributed by atoms with E-state index in [1.807, 2.05) is 24.3 Å². The van der Waals surface area contributed by atoms with Crippen molar-refractivity contribution in [2.75, 3.05) is 31.0 Å². The van der Waals surface area contributed by atoms with Crippen LogP contribution in [0.15, 0.2) is 36.4 Å². The van der Waals surface area contributed by atoms with Crippen molar-refractivity contribution in [2.24, 2.45) is 0 Å². The maximum absolute atomic E-state index is 12.4. The van der Waals surface area contributed by atoms with Gasteiger partial charge in [-0.2, -0.15) is 0 Å². The average Bonchev–Trinajstić information content (AvgIpc) is 2.66. The summed E-state index contributed by atoms with van der Waals surface area (Å²) in [6, 6.07) is 11.1. The van der Waals surface area contributed by atoms with Crippen molar-refractivity contribution in [2.45, 2.75) is 26.2 Å². The van der Waals surface area contributed by atoms with Crippen molar-refractivity contribution in [3.8, 4) is 11.5 Å². The van der Waals surface area contributed by atoms with E-state index < -0.39 is 0 Å². The topological polar surface area (TPSA) is 67.9 Å². The van der Waals surface area contributed by atoms with Crippen LogP contribution in [0.4, 0.5) is 11.4 Å². The molecule has 1 aliphatic heterocycles. The molecule has 6 nitrogen and oxygen atoms in total. The van der Waals surface area contributed by atoms with Gasteiger partial charge in [0.15, 0.2) is 11.5 Å². The Morgan fingerprint density at radius 1 is 1.07 bits per heavy atom. The van der Waals surface area contributed by atoms with Gasteiger partial charge in [0.25, 0.3) is 0 Å². The first-order chi connectivity index (χ1) is 13.0. The molecule has 6 heteroatoms. The zero-order valence-corrected chi connectivity index (χ0v) is 15.9. The summed E-state index contributed by atoms with van der Waals surface area (Å²) in [6.07, 6.45) is 2.06. The van der Waals surface area contributed by atoms with Crippen LogP contribution in [0.3, 0.4) is 0 Å². The van der Waals surface area contributed by atoms with E-state index in [0.29, 0.717) is 11.5 Å². The number of carbonyl (C=O) groups excluding carboxylic acids is 2. The molecule has 2 aromatic rings. The molecule has 142 valence electrons. The predicted molar refractivity (Wildman–Crippen MR) is 105 cm³/mol. The number of fused-ring (bicyclic) bond motifs is 1. The molecule has 2 aromatic carbocycles. The van der Waals surface area contributed by atoms with Crippen LogP contribution in [0.25, 0.3) is 0 Å². The lowest BCUT2D eigenvalue weighted by atomic mass is 10.0. The minimum atomic E-state index is -0.110. The van der Waals surface area contributed by atoms with E-state index in [1.54, 1.807) is 38.2 Å². The summed E-state index contributed by atoms with van der Waals surface area (Å²) in [6.45, 7) is 2.32. The van der Waals surface area contributed by atoms with Gasteiger partial charge in [-0.05, 0) is 54.3 Å². The van der Waals surface area contributed by atoms with E-state index in [2.05, 4.69) is 5.32 Å². The molecule has 0 atom stereocenters. The van der Waals surface area contributed by atoms with Crippen LogP contribution in [0, 0.1) is 0 Å². The Hall–Kier alpha value is -3.02. The highest BCUT2D eigenvalue weighted by Gasteiger charge is 2.20. The highest BCUT2D eigenvalue weighted by Crippen LogP contribution is 2.30. The van der Waals surface area contributed by atoms with Crippen LogP contribution in [-0.4, -0.2) is 32.6 Å². The van der Waals surface area contributed by atoms with Crippen LogP contribution >= 0.6 is 0 Å². The molecule has 1 heterocycles. The van der Waals surface area contributed by atoms with E-state index in [-0.39, 0.29) is 18.2 Å². The van der Waals surface area contributed by atoms with E-state index >= 15 is 0 Å². The number of ether oxygens (including phenoxy) is 2. The second kappa shape index (κ2) is 8.12. The number of nitrogens with one attached hydrogen (secondary N) is 1. The van der Waals surface area contributed by atoms with Crippen LogP contribution < -0.4 is 19.7 Å². The Labute approximate surface area is 159 Å². The highest BCUT2D eigenvalue weighted by atomic mass is 16.5. The van der Waals surface area contributed by atoms with Crippen LogP contribution in [0.2, 0.25) is 0 Å². The monoisotopic (exact) mass is 368 g/mol. The lowest BCUT2D eigenvalue weighted by molar-refractivity contribution is -0.117. The van der Waals surface area contributed by atoms with Crippen molar-refractivity contribution >= 4 is 23.2 Å². The SMILES string of the molecule is COc1ccc(CC(=O)Nc2ccc3c(c2)CCCN3C(C)=O)cc1OC. The van der Waals surface area contributed by atoms with Crippen LogP contribution in [-0.2, 0) is 22.4 Å². The van der Waals surface area contributed by atoms with Gasteiger partial charge in [0.1, 0.15) is 0 Å². The molecule has 0 unspecified atom stereocenters. The van der Waals surface area contributed by atoms with Crippen LogP contribution in [0.5, 0.6) is 11.5 Å². The average molecular weight is 368 g/mol. The molecular weight excluding hydrogens is 344 g/mol. The third-order valence-corrected chi connectivity index (χ3v) is 4.67. The molecule has 0 radical (unpaired) electrons. The quantitative estimate of drug-likeness (QED) is 0.880. The summed E-state index contributed by atoms with van der Waals surface area (Å²) in [5.41, 5.74) is 3.60. The molecule has 0 saturated carbocycles. The zero-order valence-electron chi connectivity index (χ0n) is 15.9. The van der Waals surface area contributed by atoms with Gasteiger partial charge in [0, 0.05) is 24.8 Å². The zero-order chi connectivity index (χ0) is 19.4. The fraction of sp³-hybridized carbons (Fsp3) is 0.333. The molecule has 2 amide bonds. The van der Waals surface area contributed by atoms with Crippen molar-refractivity contribution in [1.82, 2.24) is 0 Å². The molecular formula is C21H24N2O4. The first-order valence-electron chi connectivity index (χ1n) is 8.93. The Kier molecular flexibility index (Phi) is 5.64. The number of anilines is 2. The summed E-state index contributed by atoms with van der Waals surface area (Å²) in [5.74, 6) is 1.16. The van der Waals surface area contributed by atoms with E-state index in [1.165, 1.54) is 0 Å². The second-order valence-corrected chi connectivity index (χ2v) is 6.53. The molecule has 0 spiro atoms. The number of methoxy groups -OCH3 is 2. The smallest absolute Gasteiger partial charge is 0.228 e. The van der Waals surface area contributed by atoms with Gasteiger partial charge in [-0.25, -0.2) is 0 Å². The molecule has 27 heavy (non-hydrogen) atoms. The summed E-state index contributed by atoms with van der Waals surface area (Å²) < 4.78 is 10.5. The number of rotatable bonds is 5. The molecule has 3 rings (SSSR count). The molecule has 0 saturated heterocycles. The molecule has 0 bridgehead atoms. The Morgan fingerprint density at radius 3 is 2.56 bits per heavy atom. The van der Waals surface area contributed by atoms with E-state index in [0.717, 1.165) is 41.9 Å². The summed E-state index contributed by atoms with van der Waals surface area (Å²) in [7, 11) is 3.15. The number of benzene rings is 2. The van der Waals surface area contributed by atoms with Gasteiger partial charge in [-0.1, -0.05) is 6.07 Å². The predicted octanol–water partition coefficient (Wildman–Crippen LogP) is 3.18. The number of amides is 2. The maximum atomic E-state index is 12.4. The Bertz CT molecular complexity index is 863. The molecule has 1 aliphatic rings. The minimum Gasteiger partial charge on any atom is -0.493 e. The lowest BCUT2D eigenvalue weighted by Crippen LogP contribution is -2.33. The standard InChI is InChI=1S/C21H24N2O4/c1-14(24)23-10-4-5-16-13-17(7-8-18(16)23)22-21(25)12-15-6-9-19(26-2)20(11-15)27-3/h6-9,11,13H,4-5,10,12H2,1-3H3,(H,22,25). The fourth-order valence-electron chi connectivity index (χ4n) is 3.38. The van der Waals surface area contributed by atoms with Gasteiger partial charge in [0.2, 0.25) is 11.8 Å². The van der Waals surface area contributed by atoms with Crippen LogP contribution in [0.1, 0.15) is 24.5 Å². The maximum Gasteiger partial charge on any atom is 0.228 e. The van der Waals surface area contributed by atoms with Gasteiger partial charge < -0.3 is 19.7 Å². The van der Waals surface area contributed by atoms with Crippen molar-refractivity contribution in [3.05, 3.63) is 47.5 Å². The minimum absolute atomic E-state index is 0.0428.